The van der Waals surface area contributed by atoms with Crippen molar-refractivity contribution in [1.29, 1.82) is 0 Å². The third-order valence-electron chi connectivity index (χ3n) is 3.28. The molecule has 0 spiro atoms. The molecule has 0 aromatic carbocycles. The maximum absolute atomic E-state index is 5.82. The van der Waals surface area contributed by atoms with Gasteiger partial charge in [-0.2, -0.15) is 0 Å². The van der Waals surface area contributed by atoms with Crippen LogP contribution in [0.5, 0.6) is 0 Å². The predicted molar refractivity (Wildman–Crippen MR) is 69.8 cm³/mol. The van der Waals surface area contributed by atoms with Crippen molar-refractivity contribution in [2.24, 2.45) is 11.8 Å². The summed E-state index contributed by atoms with van der Waals surface area (Å²) in [5, 5.41) is 3.50. The molecule has 1 aromatic rings. The first-order chi connectivity index (χ1) is 8.10. The molecule has 1 rings (SSSR count). The molecule has 1 heterocycles. The van der Waals surface area contributed by atoms with Gasteiger partial charge in [-0.3, -0.25) is 0 Å². The van der Waals surface area contributed by atoms with Crippen molar-refractivity contribution in [3.05, 3.63) is 23.7 Å². The summed E-state index contributed by atoms with van der Waals surface area (Å²) in [5.41, 5.74) is 0. The van der Waals surface area contributed by atoms with E-state index in [1.54, 1.807) is 7.11 Å². The van der Waals surface area contributed by atoms with Crippen LogP contribution < -0.4 is 5.32 Å². The van der Waals surface area contributed by atoms with E-state index in [-0.39, 0.29) is 6.04 Å². The zero-order valence-corrected chi connectivity index (χ0v) is 11.6. The number of nitrogens with one attached hydrogen (secondary N) is 1. The molecule has 0 aliphatic rings. The first-order valence-corrected chi connectivity index (χ1v) is 6.41. The van der Waals surface area contributed by atoms with Gasteiger partial charge in [0.05, 0.1) is 6.04 Å². The lowest BCUT2D eigenvalue weighted by atomic mass is 9.89. The van der Waals surface area contributed by atoms with E-state index < -0.39 is 0 Å². The first-order valence-electron chi connectivity index (χ1n) is 6.41. The van der Waals surface area contributed by atoms with Crippen molar-refractivity contribution in [1.82, 2.24) is 5.32 Å². The van der Waals surface area contributed by atoms with Gasteiger partial charge in [-0.1, -0.05) is 27.7 Å². The first kappa shape index (κ1) is 14.3. The summed E-state index contributed by atoms with van der Waals surface area (Å²) in [5.74, 6) is 3.06. The Morgan fingerprint density at radius 2 is 2.00 bits per heavy atom. The van der Waals surface area contributed by atoms with Crippen LogP contribution in [0.3, 0.4) is 0 Å². The summed E-state index contributed by atoms with van der Waals surface area (Å²) in [6, 6.07) is 4.34. The molecule has 1 aromatic heterocycles. The molecule has 17 heavy (non-hydrogen) atoms. The molecule has 0 saturated carbocycles. The lowest BCUT2D eigenvalue weighted by Gasteiger charge is -2.26. The van der Waals surface area contributed by atoms with Crippen molar-refractivity contribution < 1.29 is 9.15 Å². The SMILES string of the molecule is CCNC(c1ccc(COC)o1)C(C)C(C)C. The molecule has 3 nitrogen and oxygen atoms in total. The topological polar surface area (TPSA) is 34.4 Å². The second-order valence-electron chi connectivity index (χ2n) is 4.88. The predicted octanol–water partition coefficient (Wildman–Crippen LogP) is 3.37. The molecule has 0 saturated heterocycles. The Hall–Kier alpha value is -0.800. The maximum Gasteiger partial charge on any atom is 0.129 e. The number of methoxy groups -OCH3 is 1. The van der Waals surface area contributed by atoms with Crippen LogP contribution in [0.4, 0.5) is 0 Å². The van der Waals surface area contributed by atoms with E-state index in [4.69, 9.17) is 9.15 Å². The molecule has 0 fully saturated rings. The minimum absolute atomic E-state index is 0.283. The van der Waals surface area contributed by atoms with Gasteiger partial charge in [-0.05, 0) is 30.5 Å². The van der Waals surface area contributed by atoms with E-state index in [1.165, 1.54) is 0 Å². The van der Waals surface area contributed by atoms with Gasteiger partial charge in [0, 0.05) is 7.11 Å². The third-order valence-corrected chi connectivity index (χ3v) is 3.28. The number of hydrogen-bond donors (Lipinski definition) is 1. The fourth-order valence-corrected chi connectivity index (χ4v) is 1.93. The molecule has 98 valence electrons. The van der Waals surface area contributed by atoms with Crippen LogP contribution in [0.2, 0.25) is 0 Å². The van der Waals surface area contributed by atoms with Gasteiger partial charge in [-0.25, -0.2) is 0 Å². The Labute approximate surface area is 105 Å². The zero-order valence-electron chi connectivity index (χ0n) is 11.6. The van der Waals surface area contributed by atoms with Crippen molar-refractivity contribution in [2.75, 3.05) is 13.7 Å². The third kappa shape index (κ3) is 3.86. The number of ether oxygens (including phenoxy) is 1. The zero-order chi connectivity index (χ0) is 12.8. The van der Waals surface area contributed by atoms with Gasteiger partial charge >= 0.3 is 0 Å². The lowest BCUT2D eigenvalue weighted by molar-refractivity contribution is 0.158. The monoisotopic (exact) mass is 239 g/mol. The largest absolute Gasteiger partial charge is 0.462 e. The standard InChI is InChI=1S/C14H25NO2/c1-6-15-14(11(4)10(2)3)13-8-7-12(17-13)9-16-5/h7-8,10-11,14-15H,6,9H2,1-5H3. The molecule has 1 N–H and O–H groups in total. The van der Waals surface area contributed by atoms with E-state index in [0.717, 1.165) is 18.1 Å². The fourth-order valence-electron chi connectivity index (χ4n) is 1.93. The van der Waals surface area contributed by atoms with Gasteiger partial charge in [0.2, 0.25) is 0 Å². The van der Waals surface area contributed by atoms with Crippen LogP contribution in [-0.2, 0) is 11.3 Å². The Bertz CT molecular complexity index is 320. The minimum Gasteiger partial charge on any atom is -0.462 e. The Morgan fingerprint density at radius 3 is 2.53 bits per heavy atom. The van der Waals surface area contributed by atoms with Crippen LogP contribution in [-0.4, -0.2) is 13.7 Å². The van der Waals surface area contributed by atoms with Gasteiger partial charge < -0.3 is 14.5 Å². The summed E-state index contributed by atoms with van der Waals surface area (Å²) < 4.78 is 10.9. The quantitative estimate of drug-likeness (QED) is 0.792. The molecular formula is C14H25NO2. The van der Waals surface area contributed by atoms with E-state index in [9.17, 15) is 0 Å². The van der Waals surface area contributed by atoms with Crippen LogP contribution in [0.1, 0.15) is 45.3 Å². The van der Waals surface area contributed by atoms with E-state index in [1.807, 2.05) is 6.07 Å². The molecule has 0 aliphatic heterocycles. The van der Waals surface area contributed by atoms with Crippen LogP contribution >= 0.6 is 0 Å². The molecule has 0 aliphatic carbocycles. The highest BCUT2D eigenvalue weighted by molar-refractivity contribution is 5.11. The van der Waals surface area contributed by atoms with Crippen LogP contribution in [0.15, 0.2) is 16.5 Å². The summed E-state index contributed by atoms with van der Waals surface area (Å²) in [7, 11) is 1.68. The molecule has 3 heteroatoms. The summed E-state index contributed by atoms with van der Waals surface area (Å²) >= 11 is 0. The number of furan rings is 1. The molecule has 2 atom stereocenters. The molecular weight excluding hydrogens is 214 g/mol. The molecule has 0 amide bonds. The highest BCUT2D eigenvalue weighted by Crippen LogP contribution is 2.29. The minimum atomic E-state index is 0.283. The second kappa shape index (κ2) is 6.82. The normalized spacial score (nSPS) is 15.2. The van der Waals surface area contributed by atoms with Gasteiger partial charge in [0.25, 0.3) is 0 Å². The van der Waals surface area contributed by atoms with Crippen LogP contribution in [0, 0.1) is 11.8 Å². The van der Waals surface area contributed by atoms with Crippen molar-refractivity contribution in [2.45, 2.75) is 40.3 Å². The van der Waals surface area contributed by atoms with Crippen LogP contribution in [0.25, 0.3) is 0 Å². The van der Waals surface area contributed by atoms with Crippen molar-refractivity contribution in [3.8, 4) is 0 Å². The highest BCUT2D eigenvalue weighted by atomic mass is 16.5. The maximum atomic E-state index is 5.82. The van der Waals surface area contributed by atoms with Gasteiger partial charge in [-0.15, -0.1) is 0 Å². The Balaban J connectivity index is 2.81. The molecule has 0 radical (unpaired) electrons. The van der Waals surface area contributed by atoms with Crippen molar-refractivity contribution >= 4 is 0 Å². The highest BCUT2D eigenvalue weighted by Gasteiger charge is 2.23. The number of rotatable bonds is 7. The summed E-state index contributed by atoms with van der Waals surface area (Å²) in [6.07, 6.45) is 0. The average Bonchev–Trinajstić information content (AvgIpc) is 2.73. The van der Waals surface area contributed by atoms with Gasteiger partial charge in [0.1, 0.15) is 18.1 Å². The smallest absolute Gasteiger partial charge is 0.129 e. The molecule has 2 unspecified atom stereocenters. The average molecular weight is 239 g/mol. The summed E-state index contributed by atoms with van der Waals surface area (Å²) in [4.78, 5) is 0. The fraction of sp³-hybridized carbons (Fsp3) is 0.714. The second-order valence-corrected chi connectivity index (χ2v) is 4.88. The van der Waals surface area contributed by atoms with Crippen molar-refractivity contribution in [3.63, 3.8) is 0 Å². The van der Waals surface area contributed by atoms with E-state index in [2.05, 4.69) is 39.1 Å². The lowest BCUT2D eigenvalue weighted by Crippen LogP contribution is -2.29. The van der Waals surface area contributed by atoms with E-state index >= 15 is 0 Å². The summed E-state index contributed by atoms with van der Waals surface area (Å²) in [6.45, 7) is 10.4. The van der Waals surface area contributed by atoms with Gasteiger partial charge in [0.15, 0.2) is 0 Å². The van der Waals surface area contributed by atoms with E-state index in [0.29, 0.717) is 18.4 Å². The number of hydrogen-bond acceptors (Lipinski definition) is 3. The Kier molecular flexibility index (Phi) is 5.72. The molecule has 0 bridgehead atoms. The Morgan fingerprint density at radius 1 is 1.29 bits per heavy atom.